The van der Waals surface area contributed by atoms with Gasteiger partial charge in [0.25, 0.3) is 0 Å². The number of rotatable bonds is 3. The largest absolute Gasteiger partial charge is 0.295 e. The molecule has 0 unspecified atom stereocenters. The van der Waals surface area contributed by atoms with Crippen LogP contribution in [-0.4, -0.2) is 5.78 Å². The average molecular weight is 332 g/mol. The molecular weight excluding hydrogens is 323 g/mol. The maximum absolute atomic E-state index is 11.3. The van der Waals surface area contributed by atoms with Gasteiger partial charge in [-0.05, 0) is 37.3 Å². The molecule has 0 atom stereocenters. The highest BCUT2D eigenvalue weighted by atomic mass is 35.5. The number of carbonyl (C=O) groups excluding carboxylic acids is 1. The molecule has 0 spiro atoms. The lowest BCUT2D eigenvalue weighted by Crippen LogP contribution is -1.91. The van der Waals surface area contributed by atoms with Gasteiger partial charge in [0.2, 0.25) is 0 Å². The minimum atomic E-state index is -0.00649. The first kappa shape index (κ1) is 14.7. The van der Waals surface area contributed by atoms with Gasteiger partial charge in [-0.1, -0.05) is 52.6 Å². The fraction of sp³-hybridized carbons (Fsp3) is 0.0714. The summed E-state index contributed by atoms with van der Waals surface area (Å²) in [5.74, 6) is -0.00649. The van der Waals surface area contributed by atoms with Crippen LogP contribution in [0.1, 0.15) is 17.3 Å². The van der Waals surface area contributed by atoms with Crippen molar-refractivity contribution >= 4 is 52.3 Å². The molecule has 0 heterocycles. The monoisotopic (exact) mass is 330 g/mol. The molecule has 0 N–H and O–H groups in total. The summed E-state index contributed by atoms with van der Waals surface area (Å²) in [6.45, 7) is 1.51. The highest BCUT2D eigenvalue weighted by Crippen LogP contribution is 2.36. The summed E-state index contributed by atoms with van der Waals surface area (Å²) in [6.07, 6.45) is 0. The van der Waals surface area contributed by atoms with Crippen molar-refractivity contribution in [2.45, 2.75) is 16.7 Å². The van der Waals surface area contributed by atoms with E-state index in [0.717, 1.165) is 9.79 Å². The van der Waals surface area contributed by atoms with Crippen LogP contribution in [0.15, 0.2) is 46.2 Å². The second-order valence-electron chi connectivity index (χ2n) is 3.88. The second kappa shape index (κ2) is 6.19. The van der Waals surface area contributed by atoms with Crippen LogP contribution in [0, 0.1) is 0 Å². The zero-order valence-corrected chi connectivity index (χ0v) is 13.0. The van der Waals surface area contributed by atoms with Gasteiger partial charge in [-0.25, -0.2) is 0 Å². The Kier molecular flexibility index (Phi) is 4.80. The van der Waals surface area contributed by atoms with Crippen molar-refractivity contribution in [3.63, 3.8) is 0 Å². The lowest BCUT2D eigenvalue weighted by molar-refractivity contribution is 0.101. The number of halogens is 3. The lowest BCUT2D eigenvalue weighted by Gasteiger charge is -2.06. The molecule has 98 valence electrons. The molecule has 2 rings (SSSR count). The summed E-state index contributed by atoms with van der Waals surface area (Å²) in [5.41, 5.74) is 0.600. The molecule has 2 aromatic carbocycles. The molecule has 0 radical (unpaired) electrons. The molecule has 0 fully saturated rings. The van der Waals surface area contributed by atoms with Gasteiger partial charge in [0.05, 0.1) is 15.1 Å². The third-order valence-electron chi connectivity index (χ3n) is 2.46. The van der Waals surface area contributed by atoms with Gasteiger partial charge < -0.3 is 0 Å². The average Bonchev–Trinajstić information content (AvgIpc) is 2.36. The van der Waals surface area contributed by atoms with E-state index < -0.39 is 0 Å². The van der Waals surface area contributed by atoms with Gasteiger partial charge >= 0.3 is 0 Å². The fourth-order valence-electron chi connectivity index (χ4n) is 1.47. The standard InChI is InChI=1S/C14H9Cl3OS/c1-8(18)9-2-5-14(13(17)6-9)19-10-3-4-11(15)12(16)7-10/h2-7H,1H3. The van der Waals surface area contributed by atoms with Crippen molar-refractivity contribution < 1.29 is 4.79 Å². The maximum atomic E-state index is 11.3. The molecule has 0 aliphatic heterocycles. The first-order valence-electron chi connectivity index (χ1n) is 5.41. The molecule has 19 heavy (non-hydrogen) atoms. The highest BCUT2D eigenvalue weighted by molar-refractivity contribution is 7.99. The molecule has 5 heteroatoms. The van der Waals surface area contributed by atoms with E-state index in [2.05, 4.69) is 0 Å². The number of carbonyl (C=O) groups is 1. The molecule has 2 aromatic rings. The lowest BCUT2D eigenvalue weighted by atomic mass is 10.1. The summed E-state index contributed by atoms with van der Waals surface area (Å²) in [7, 11) is 0. The van der Waals surface area contributed by atoms with Gasteiger partial charge in [0, 0.05) is 15.4 Å². The quantitative estimate of drug-likeness (QED) is 0.641. The Morgan fingerprint density at radius 3 is 2.26 bits per heavy atom. The molecule has 0 aliphatic carbocycles. The third-order valence-corrected chi connectivity index (χ3v) is 4.69. The Bertz CT molecular complexity index is 641. The van der Waals surface area contributed by atoms with Crippen molar-refractivity contribution in [3.8, 4) is 0 Å². The Balaban J connectivity index is 2.28. The molecule has 0 amide bonds. The Hall–Kier alpha value is -0.670. The van der Waals surface area contributed by atoms with E-state index >= 15 is 0 Å². The molecule has 0 saturated heterocycles. The molecule has 0 aliphatic rings. The molecule has 0 bridgehead atoms. The SMILES string of the molecule is CC(=O)c1ccc(Sc2ccc(Cl)c(Cl)c2)c(Cl)c1. The van der Waals surface area contributed by atoms with Crippen molar-refractivity contribution in [1.29, 1.82) is 0 Å². The Morgan fingerprint density at radius 1 is 0.947 bits per heavy atom. The number of hydrogen-bond donors (Lipinski definition) is 0. The number of benzene rings is 2. The van der Waals surface area contributed by atoms with E-state index in [1.165, 1.54) is 18.7 Å². The first-order chi connectivity index (χ1) is 8.97. The van der Waals surface area contributed by atoms with Crippen LogP contribution in [0.5, 0.6) is 0 Å². The molecular formula is C14H9Cl3OS. The highest BCUT2D eigenvalue weighted by Gasteiger charge is 2.07. The van der Waals surface area contributed by atoms with Crippen LogP contribution >= 0.6 is 46.6 Å². The van der Waals surface area contributed by atoms with Crippen LogP contribution in [0.25, 0.3) is 0 Å². The summed E-state index contributed by atoms with van der Waals surface area (Å²) in [5, 5.41) is 1.57. The fourth-order valence-corrected chi connectivity index (χ4v) is 2.99. The van der Waals surface area contributed by atoms with Gasteiger partial charge in [0.15, 0.2) is 5.78 Å². The van der Waals surface area contributed by atoms with Crippen molar-refractivity contribution in [2.24, 2.45) is 0 Å². The minimum absolute atomic E-state index is 0.00649. The Labute approximate surface area is 130 Å². The molecule has 0 aromatic heterocycles. The minimum Gasteiger partial charge on any atom is -0.295 e. The summed E-state index contributed by atoms with van der Waals surface area (Å²) >= 11 is 19.5. The van der Waals surface area contributed by atoms with Gasteiger partial charge in [0.1, 0.15) is 0 Å². The van der Waals surface area contributed by atoms with Crippen LogP contribution in [-0.2, 0) is 0 Å². The predicted octanol–water partition coefficient (Wildman–Crippen LogP) is 6.00. The van der Waals surface area contributed by atoms with Crippen LogP contribution < -0.4 is 0 Å². The number of Topliss-reactive ketones (excluding diaryl/α,β-unsaturated/α-hetero) is 1. The van der Waals surface area contributed by atoms with Crippen molar-refractivity contribution in [2.75, 3.05) is 0 Å². The number of hydrogen-bond acceptors (Lipinski definition) is 2. The molecule has 0 saturated carbocycles. The second-order valence-corrected chi connectivity index (χ2v) is 6.22. The Morgan fingerprint density at radius 2 is 1.68 bits per heavy atom. The normalized spacial score (nSPS) is 10.5. The smallest absolute Gasteiger partial charge is 0.159 e. The van der Waals surface area contributed by atoms with E-state index in [1.54, 1.807) is 24.3 Å². The number of ketones is 1. The van der Waals surface area contributed by atoms with E-state index in [4.69, 9.17) is 34.8 Å². The summed E-state index contributed by atoms with van der Waals surface area (Å²) in [6, 6.07) is 10.6. The van der Waals surface area contributed by atoms with Crippen LogP contribution in [0.4, 0.5) is 0 Å². The first-order valence-corrected chi connectivity index (χ1v) is 7.36. The zero-order valence-electron chi connectivity index (χ0n) is 9.91. The topological polar surface area (TPSA) is 17.1 Å². The summed E-state index contributed by atoms with van der Waals surface area (Å²) in [4.78, 5) is 13.1. The van der Waals surface area contributed by atoms with E-state index in [-0.39, 0.29) is 5.78 Å². The zero-order chi connectivity index (χ0) is 14.0. The predicted molar refractivity (Wildman–Crippen MR) is 82.0 cm³/mol. The third kappa shape index (κ3) is 3.67. The van der Waals surface area contributed by atoms with Crippen LogP contribution in [0.2, 0.25) is 15.1 Å². The van der Waals surface area contributed by atoms with Gasteiger partial charge in [-0.3, -0.25) is 4.79 Å². The van der Waals surface area contributed by atoms with E-state index in [9.17, 15) is 4.79 Å². The van der Waals surface area contributed by atoms with Crippen molar-refractivity contribution in [3.05, 3.63) is 57.0 Å². The van der Waals surface area contributed by atoms with E-state index in [0.29, 0.717) is 20.6 Å². The van der Waals surface area contributed by atoms with Gasteiger partial charge in [-0.2, -0.15) is 0 Å². The summed E-state index contributed by atoms with van der Waals surface area (Å²) < 4.78 is 0. The molecule has 1 nitrogen and oxygen atoms in total. The van der Waals surface area contributed by atoms with Gasteiger partial charge in [-0.15, -0.1) is 0 Å². The maximum Gasteiger partial charge on any atom is 0.159 e. The van der Waals surface area contributed by atoms with Crippen molar-refractivity contribution in [1.82, 2.24) is 0 Å². The van der Waals surface area contributed by atoms with E-state index in [1.807, 2.05) is 12.1 Å². The van der Waals surface area contributed by atoms with Crippen LogP contribution in [0.3, 0.4) is 0 Å².